The highest BCUT2D eigenvalue weighted by Crippen LogP contribution is 2.29. The van der Waals surface area contributed by atoms with Crippen LogP contribution in [0.5, 0.6) is 11.5 Å². The molecule has 0 radical (unpaired) electrons. The average Bonchev–Trinajstić information content (AvgIpc) is 2.86. The number of ether oxygens (including phenoxy) is 2. The molecule has 4 heteroatoms. The fourth-order valence-electron chi connectivity index (χ4n) is 4.73. The Balaban J connectivity index is 1.39. The molecule has 1 aliphatic heterocycles. The lowest BCUT2D eigenvalue weighted by atomic mass is 9.85. The van der Waals surface area contributed by atoms with Crippen LogP contribution in [0.25, 0.3) is 0 Å². The Labute approximate surface area is 192 Å². The summed E-state index contributed by atoms with van der Waals surface area (Å²) in [5, 5.41) is 3.87. The molecule has 4 rings (SSSR count). The molecule has 2 atom stereocenters. The quantitative estimate of drug-likeness (QED) is 0.524. The van der Waals surface area contributed by atoms with E-state index >= 15 is 0 Å². The Bertz CT molecular complexity index is 962. The lowest BCUT2D eigenvalue weighted by molar-refractivity contribution is 0.167. The Morgan fingerprint density at radius 2 is 1.56 bits per heavy atom. The number of piperidine rings is 1. The van der Waals surface area contributed by atoms with Gasteiger partial charge in [0.05, 0.1) is 14.2 Å². The highest BCUT2D eigenvalue weighted by molar-refractivity contribution is 5.43. The number of nitrogens with zero attached hydrogens (tertiary/aromatic N) is 1. The molecule has 1 N–H and O–H groups in total. The Kier molecular flexibility index (Phi) is 7.81. The van der Waals surface area contributed by atoms with Crippen LogP contribution in [0.15, 0.2) is 78.9 Å². The van der Waals surface area contributed by atoms with E-state index in [0.29, 0.717) is 12.0 Å². The van der Waals surface area contributed by atoms with E-state index in [0.717, 1.165) is 50.5 Å². The van der Waals surface area contributed by atoms with Gasteiger partial charge in [0.15, 0.2) is 11.5 Å². The van der Waals surface area contributed by atoms with Crippen molar-refractivity contribution in [2.24, 2.45) is 0 Å². The SMILES string of the molecule is COc1ccc(CCN[C@@H]2CCN(Cc3ccccc3)C[C@H]2c2ccccc2)cc1OC. The molecule has 3 aromatic rings. The van der Waals surface area contributed by atoms with E-state index < -0.39 is 0 Å². The number of methoxy groups -OCH3 is 2. The number of benzene rings is 3. The highest BCUT2D eigenvalue weighted by Gasteiger charge is 2.30. The third-order valence-electron chi connectivity index (χ3n) is 6.44. The standard InChI is InChI=1S/C28H34N2O2/c1-31-27-14-13-22(19-28(27)32-2)15-17-29-26-16-18-30(20-23-9-5-3-6-10-23)21-25(26)24-11-7-4-8-12-24/h3-14,19,25-26,29H,15-18,20-21H2,1-2H3/t25-,26+/m0/s1. The zero-order chi connectivity index (χ0) is 22.2. The van der Waals surface area contributed by atoms with Crippen LogP contribution in [0, 0.1) is 0 Å². The Hall–Kier alpha value is -2.82. The third kappa shape index (κ3) is 5.70. The Morgan fingerprint density at radius 3 is 2.28 bits per heavy atom. The minimum atomic E-state index is 0.476. The van der Waals surface area contributed by atoms with E-state index in [-0.39, 0.29) is 0 Å². The second-order valence-electron chi connectivity index (χ2n) is 8.53. The number of hydrogen-bond donors (Lipinski definition) is 1. The fraction of sp³-hybridized carbons (Fsp3) is 0.357. The first-order valence-corrected chi connectivity index (χ1v) is 11.5. The van der Waals surface area contributed by atoms with Crippen LogP contribution in [0.3, 0.4) is 0 Å². The molecule has 1 aliphatic rings. The van der Waals surface area contributed by atoms with E-state index in [1.54, 1.807) is 14.2 Å². The van der Waals surface area contributed by atoms with Gasteiger partial charge < -0.3 is 14.8 Å². The van der Waals surface area contributed by atoms with Crippen molar-refractivity contribution >= 4 is 0 Å². The third-order valence-corrected chi connectivity index (χ3v) is 6.44. The van der Waals surface area contributed by atoms with E-state index in [4.69, 9.17) is 9.47 Å². The van der Waals surface area contributed by atoms with Crippen molar-refractivity contribution in [2.75, 3.05) is 33.9 Å². The molecular formula is C28H34N2O2. The van der Waals surface area contributed by atoms with Crippen molar-refractivity contribution in [1.82, 2.24) is 10.2 Å². The van der Waals surface area contributed by atoms with Gasteiger partial charge in [0.25, 0.3) is 0 Å². The summed E-state index contributed by atoms with van der Waals surface area (Å²) in [5.74, 6) is 2.06. The van der Waals surface area contributed by atoms with Crippen LogP contribution in [-0.2, 0) is 13.0 Å². The van der Waals surface area contributed by atoms with Gasteiger partial charge >= 0.3 is 0 Å². The largest absolute Gasteiger partial charge is 0.493 e. The molecule has 3 aromatic carbocycles. The minimum absolute atomic E-state index is 0.476. The van der Waals surface area contributed by atoms with E-state index in [9.17, 15) is 0 Å². The maximum absolute atomic E-state index is 5.46. The summed E-state index contributed by atoms with van der Waals surface area (Å²) in [6.45, 7) is 4.16. The molecule has 1 saturated heterocycles. The molecule has 0 amide bonds. The lowest BCUT2D eigenvalue weighted by Crippen LogP contribution is -2.48. The molecular weight excluding hydrogens is 396 g/mol. The van der Waals surface area contributed by atoms with Gasteiger partial charge in [-0.15, -0.1) is 0 Å². The molecule has 168 valence electrons. The summed E-state index contributed by atoms with van der Waals surface area (Å²) in [4.78, 5) is 2.60. The van der Waals surface area contributed by atoms with Gasteiger partial charge in [-0.1, -0.05) is 66.7 Å². The number of rotatable bonds is 9. The molecule has 0 unspecified atom stereocenters. The van der Waals surface area contributed by atoms with Gasteiger partial charge in [-0.3, -0.25) is 4.90 Å². The van der Waals surface area contributed by atoms with Crippen LogP contribution in [0.2, 0.25) is 0 Å². The molecule has 0 saturated carbocycles. The maximum atomic E-state index is 5.46. The topological polar surface area (TPSA) is 33.7 Å². The van der Waals surface area contributed by atoms with E-state index in [1.165, 1.54) is 16.7 Å². The summed E-state index contributed by atoms with van der Waals surface area (Å²) in [6.07, 6.45) is 2.12. The molecule has 1 fully saturated rings. The van der Waals surface area contributed by atoms with Gasteiger partial charge in [0.2, 0.25) is 0 Å². The molecule has 0 spiro atoms. The lowest BCUT2D eigenvalue weighted by Gasteiger charge is -2.39. The van der Waals surface area contributed by atoms with Crippen molar-refractivity contribution in [2.45, 2.75) is 31.3 Å². The van der Waals surface area contributed by atoms with Crippen molar-refractivity contribution in [1.29, 1.82) is 0 Å². The van der Waals surface area contributed by atoms with Crippen LogP contribution >= 0.6 is 0 Å². The van der Waals surface area contributed by atoms with Crippen molar-refractivity contribution < 1.29 is 9.47 Å². The van der Waals surface area contributed by atoms with Crippen LogP contribution in [-0.4, -0.2) is 44.8 Å². The van der Waals surface area contributed by atoms with E-state index in [2.05, 4.69) is 83.0 Å². The predicted octanol–water partition coefficient (Wildman–Crippen LogP) is 4.89. The zero-order valence-electron chi connectivity index (χ0n) is 19.2. The first kappa shape index (κ1) is 22.4. The first-order chi connectivity index (χ1) is 15.8. The summed E-state index contributed by atoms with van der Waals surface area (Å²) < 4.78 is 10.8. The van der Waals surface area contributed by atoms with Gasteiger partial charge in [-0.05, 0) is 48.2 Å². The highest BCUT2D eigenvalue weighted by atomic mass is 16.5. The second-order valence-corrected chi connectivity index (χ2v) is 8.53. The monoisotopic (exact) mass is 430 g/mol. The smallest absolute Gasteiger partial charge is 0.160 e. The molecule has 0 bridgehead atoms. The Morgan fingerprint density at radius 1 is 0.844 bits per heavy atom. The normalized spacial score (nSPS) is 18.9. The summed E-state index contributed by atoms with van der Waals surface area (Å²) in [7, 11) is 3.36. The molecule has 0 aliphatic carbocycles. The summed E-state index contributed by atoms with van der Waals surface area (Å²) >= 11 is 0. The second kappa shape index (κ2) is 11.2. The molecule has 1 heterocycles. The average molecular weight is 431 g/mol. The number of hydrogen-bond acceptors (Lipinski definition) is 4. The summed E-state index contributed by atoms with van der Waals surface area (Å²) in [6, 6.07) is 28.5. The predicted molar refractivity (Wildman–Crippen MR) is 131 cm³/mol. The van der Waals surface area contributed by atoms with Crippen LogP contribution in [0.1, 0.15) is 29.0 Å². The molecule has 0 aromatic heterocycles. The molecule has 4 nitrogen and oxygen atoms in total. The van der Waals surface area contributed by atoms with Gasteiger partial charge in [-0.2, -0.15) is 0 Å². The maximum Gasteiger partial charge on any atom is 0.160 e. The zero-order valence-corrected chi connectivity index (χ0v) is 19.2. The summed E-state index contributed by atoms with van der Waals surface area (Å²) in [5.41, 5.74) is 4.07. The minimum Gasteiger partial charge on any atom is -0.493 e. The van der Waals surface area contributed by atoms with E-state index in [1.807, 2.05) is 6.07 Å². The van der Waals surface area contributed by atoms with Crippen LogP contribution in [0.4, 0.5) is 0 Å². The van der Waals surface area contributed by atoms with Gasteiger partial charge in [0, 0.05) is 31.6 Å². The number of nitrogens with one attached hydrogen (secondary N) is 1. The molecule has 32 heavy (non-hydrogen) atoms. The first-order valence-electron chi connectivity index (χ1n) is 11.5. The fourth-order valence-corrected chi connectivity index (χ4v) is 4.73. The van der Waals surface area contributed by atoms with Gasteiger partial charge in [-0.25, -0.2) is 0 Å². The van der Waals surface area contributed by atoms with Crippen LogP contribution < -0.4 is 14.8 Å². The van der Waals surface area contributed by atoms with Crippen molar-refractivity contribution in [3.8, 4) is 11.5 Å². The van der Waals surface area contributed by atoms with Gasteiger partial charge in [0.1, 0.15) is 0 Å². The van der Waals surface area contributed by atoms with Crippen molar-refractivity contribution in [3.63, 3.8) is 0 Å². The number of likely N-dealkylation sites (tertiary alicyclic amines) is 1. The van der Waals surface area contributed by atoms with Crippen molar-refractivity contribution in [3.05, 3.63) is 95.6 Å².